The summed E-state index contributed by atoms with van der Waals surface area (Å²) < 4.78 is 14.0. The van der Waals surface area contributed by atoms with Gasteiger partial charge in [-0.2, -0.15) is 0 Å². The highest BCUT2D eigenvalue weighted by Gasteiger charge is 2.13. The Morgan fingerprint density at radius 2 is 2.10 bits per heavy atom. The number of methoxy groups -OCH3 is 1. The largest absolute Gasteiger partial charge is 0.493 e. The molecule has 114 valence electrons. The maximum atomic E-state index is 5.86. The van der Waals surface area contributed by atoms with E-state index in [1.807, 2.05) is 37.7 Å². The van der Waals surface area contributed by atoms with Crippen LogP contribution in [0.1, 0.15) is 17.2 Å². The summed E-state index contributed by atoms with van der Waals surface area (Å²) in [5, 5.41) is 11.2. The van der Waals surface area contributed by atoms with Crippen molar-refractivity contribution in [3.63, 3.8) is 0 Å². The molecule has 0 saturated heterocycles. The van der Waals surface area contributed by atoms with Crippen molar-refractivity contribution in [2.75, 3.05) is 14.2 Å². The van der Waals surface area contributed by atoms with E-state index in [0.717, 1.165) is 28.2 Å². The molecule has 0 unspecified atom stereocenters. The van der Waals surface area contributed by atoms with Crippen LogP contribution in [-0.4, -0.2) is 28.9 Å². The number of aromatic nitrogens is 3. The Hall–Kier alpha value is -1.60. The van der Waals surface area contributed by atoms with E-state index in [0.29, 0.717) is 18.1 Å². The van der Waals surface area contributed by atoms with Gasteiger partial charge in [-0.3, -0.25) is 0 Å². The third kappa shape index (κ3) is 3.54. The van der Waals surface area contributed by atoms with Crippen molar-refractivity contribution in [3.05, 3.63) is 33.8 Å². The molecule has 0 radical (unpaired) electrons. The van der Waals surface area contributed by atoms with Crippen LogP contribution in [0.5, 0.6) is 11.5 Å². The smallest absolute Gasteiger partial charge is 0.176 e. The van der Waals surface area contributed by atoms with Crippen LogP contribution >= 0.6 is 15.9 Å². The number of benzene rings is 1. The molecule has 21 heavy (non-hydrogen) atoms. The van der Waals surface area contributed by atoms with E-state index in [1.165, 1.54) is 0 Å². The second-order valence-electron chi connectivity index (χ2n) is 4.65. The van der Waals surface area contributed by atoms with Crippen molar-refractivity contribution >= 4 is 15.9 Å². The molecular formula is C14H19BrN4O2. The van der Waals surface area contributed by atoms with E-state index in [2.05, 4.69) is 31.4 Å². The van der Waals surface area contributed by atoms with Gasteiger partial charge >= 0.3 is 0 Å². The minimum absolute atomic E-state index is 0.331. The van der Waals surface area contributed by atoms with Crippen molar-refractivity contribution in [2.45, 2.75) is 20.1 Å². The van der Waals surface area contributed by atoms with Crippen LogP contribution in [0, 0.1) is 6.92 Å². The zero-order chi connectivity index (χ0) is 15.4. The van der Waals surface area contributed by atoms with E-state index in [9.17, 15) is 0 Å². The van der Waals surface area contributed by atoms with Crippen LogP contribution in [-0.2, 0) is 20.2 Å². The van der Waals surface area contributed by atoms with Crippen LogP contribution in [0.4, 0.5) is 0 Å². The molecule has 0 spiro atoms. The first-order valence-electron chi connectivity index (χ1n) is 6.55. The normalized spacial score (nSPS) is 10.7. The van der Waals surface area contributed by atoms with Gasteiger partial charge in [0.1, 0.15) is 12.4 Å². The number of rotatable bonds is 6. The molecule has 0 bridgehead atoms. The van der Waals surface area contributed by atoms with Gasteiger partial charge in [0.05, 0.1) is 11.6 Å². The standard InChI is InChI=1S/C14H19BrN4O2/c1-9-17-18-13(19(9)3)8-21-14-11(15)5-10(7-16-2)6-12(14)20-4/h5-6,16H,7-8H2,1-4H3. The first kappa shape index (κ1) is 15.8. The third-order valence-corrected chi connectivity index (χ3v) is 3.79. The molecule has 0 fully saturated rings. The molecule has 7 heteroatoms. The number of nitrogens with one attached hydrogen (secondary N) is 1. The predicted octanol–water partition coefficient (Wildman–Crippen LogP) is 2.19. The summed E-state index contributed by atoms with van der Waals surface area (Å²) in [5.41, 5.74) is 1.11. The Labute approximate surface area is 132 Å². The second kappa shape index (κ2) is 6.91. The van der Waals surface area contributed by atoms with Gasteiger partial charge in [-0.1, -0.05) is 0 Å². The van der Waals surface area contributed by atoms with Gasteiger partial charge in [0.15, 0.2) is 17.3 Å². The third-order valence-electron chi connectivity index (χ3n) is 3.20. The molecule has 1 aromatic heterocycles. The molecule has 6 nitrogen and oxygen atoms in total. The predicted molar refractivity (Wildman–Crippen MR) is 83.5 cm³/mol. The van der Waals surface area contributed by atoms with Gasteiger partial charge in [0.2, 0.25) is 0 Å². The molecule has 0 aliphatic carbocycles. The Morgan fingerprint density at radius 1 is 1.33 bits per heavy atom. The van der Waals surface area contributed by atoms with Gasteiger partial charge in [0, 0.05) is 13.6 Å². The molecule has 1 aromatic carbocycles. The number of hydrogen-bond acceptors (Lipinski definition) is 5. The summed E-state index contributed by atoms with van der Waals surface area (Å²) in [6, 6.07) is 3.97. The van der Waals surface area contributed by atoms with Crippen LogP contribution < -0.4 is 14.8 Å². The number of ether oxygens (including phenoxy) is 2. The lowest BCUT2D eigenvalue weighted by Crippen LogP contribution is -2.07. The van der Waals surface area contributed by atoms with Crippen molar-refractivity contribution in [3.8, 4) is 11.5 Å². The van der Waals surface area contributed by atoms with E-state index in [1.54, 1.807) is 7.11 Å². The number of aryl methyl sites for hydroxylation is 1. The zero-order valence-electron chi connectivity index (χ0n) is 12.6. The molecule has 0 aliphatic rings. The van der Waals surface area contributed by atoms with Crippen LogP contribution in [0.25, 0.3) is 0 Å². The van der Waals surface area contributed by atoms with Crippen LogP contribution in [0.3, 0.4) is 0 Å². The van der Waals surface area contributed by atoms with E-state index in [-0.39, 0.29) is 0 Å². The molecule has 0 atom stereocenters. The minimum atomic E-state index is 0.331. The van der Waals surface area contributed by atoms with Gasteiger partial charge < -0.3 is 19.4 Å². The Morgan fingerprint density at radius 3 is 2.67 bits per heavy atom. The summed E-state index contributed by atoms with van der Waals surface area (Å²) in [6.45, 7) is 2.99. The highest BCUT2D eigenvalue weighted by atomic mass is 79.9. The lowest BCUT2D eigenvalue weighted by molar-refractivity contribution is 0.270. The molecule has 1 heterocycles. The number of nitrogens with zero attached hydrogens (tertiary/aromatic N) is 3. The van der Waals surface area contributed by atoms with Crippen molar-refractivity contribution in [1.29, 1.82) is 0 Å². The second-order valence-corrected chi connectivity index (χ2v) is 5.50. The minimum Gasteiger partial charge on any atom is -0.493 e. The van der Waals surface area contributed by atoms with Crippen LogP contribution in [0.15, 0.2) is 16.6 Å². The molecule has 0 saturated carbocycles. The summed E-state index contributed by atoms with van der Waals surface area (Å²) in [5.74, 6) is 2.97. The average molecular weight is 355 g/mol. The lowest BCUT2D eigenvalue weighted by atomic mass is 10.2. The average Bonchev–Trinajstić information content (AvgIpc) is 2.77. The first-order chi connectivity index (χ1) is 10.1. The fourth-order valence-electron chi connectivity index (χ4n) is 1.93. The van der Waals surface area contributed by atoms with E-state index < -0.39 is 0 Å². The highest BCUT2D eigenvalue weighted by Crippen LogP contribution is 2.37. The molecule has 2 aromatic rings. The summed E-state index contributed by atoms with van der Waals surface area (Å²) in [4.78, 5) is 0. The first-order valence-corrected chi connectivity index (χ1v) is 7.34. The van der Waals surface area contributed by atoms with Crippen molar-refractivity contribution in [1.82, 2.24) is 20.1 Å². The molecular weight excluding hydrogens is 336 g/mol. The van der Waals surface area contributed by atoms with Gasteiger partial charge in [0.25, 0.3) is 0 Å². The zero-order valence-corrected chi connectivity index (χ0v) is 14.2. The quantitative estimate of drug-likeness (QED) is 0.861. The summed E-state index contributed by atoms with van der Waals surface area (Å²) in [6.07, 6.45) is 0. The van der Waals surface area contributed by atoms with Gasteiger partial charge in [-0.15, -0.1) is 10.2 Å². The maximum absolute atomic E-state index is 5.86. The van der Waals surface area contributed by atoms with Gasteiger partial charge in [-0.25, -0.2) is 0 Å². The Bertz CT molecular complexity index is 628. The molecule has 1 N–H and O–H groups in total. The Kier molecular flexibility index (Phi) is 5.19. The molecule has 0 aliphatic heterocycles. The monoisotopic (exact) mass is 354 g/mol. The number of halogens is 1. The summed E-state index contributed by atoms with van der Waals surface area (Å²) in [7, 11) is 5.45. The maximum Gasteiger partial charge on any atom is 0.176 e. The highest BCUT2D eigenvalue weighted by molar-refractivity contribution is 9.10. The molecule has 0 amide bonds. The van der Waals surface area contributed by atoms with Crippen LogP contribution in [0.2, 0.25) is 0 Å². The SMILES string of the molecule is CNCc1cc(Br)c(OCc2nnc(C)n2C)c(OC)c1. The van der Waals surface area contributed by atoms with E-state index in [4.69, 9.17) is 9.47 Å². The fourth-order valence-corrected chi connectivity index (χ4v) is 2.54. The summed E-state index contributed by atoms with van der Waals surface area (Å²) >= 11 is 3.53. The topological polar surface area (TPSA) is 61.2 Å². The fraction of sp³-hybridized carbons (Fsp3) is 0.429. The van der Waals surface area contributed by atoms with Crippen molar-refractivity contribution in [2.24, 2.45) is 7.05 Å². The van der Waals surface area contributed by atoms with Crippen molar-refractivity contribution < 1.29 is 9.47 Å². The number of hydrogen-bond donors (Lipinski definition) is 1. The van der Waals surface area contributed by atoms with E-state index >= 15 is 0 Å². The Balaban J connectivity index is 2.21. The van der Waals surface area contributed by atoms with Gasteiger partial charge in [-0.05, 0) is 47.6 Å². The lowest BCUT2D eigenvalue weighted by Gasteiger charge is -2.14. The molecule has 2 rings (SSSR count).